The molecule has 1 aliphatic carbocycles. The Morgan fingerprint density at radius 1 is 1.17 bits per heavy atom. The largest absolute Gasteiger partial charge is 0.417 e. The van der Waals surface area contributed by atoms with E-state index in [-0.39, 0.29) is 30.2 Å². The predicted molar refractivity (Wildman–Crippen MR) is 99.8 cm³/mol. The van der Waals surface area contributed by atoms with Crippen molar-refractivity contribution in [2.24, 2.45) is 5.92 Å². The third-order valence-corrected chi connectivity index (χ3v) is 5.71. The van der Waals surface area contributed by atoms with Crippen LogP contribution in [0, 0.1) is 17.6 Å². The molecule has 1 aliphatic heterocycles. The molecule has 1 N–H and O–H groups in total. The van der Waals surface area contributed by atoms with Gasteiger partial charge in [0.15, 0.2) is 11.6 Å². The molecule has 30 heavy (non-hydrogen) atoms. The van der Waals surface area contributed by atoms with E-state index in [1.807, 2.05) is 0 Å². The number of benzene rings is 1. The molecule has 2 heterocycles. The van der Waals surface area contributed by atoms with Crippen molar-refractivity contribution in [3.05, 3.63) is 59.4 Å². The lowest BCUT2D eigenvalue weighted by Gasteiger charge is -2.20. The number of anilines is 1. The molecule has 4 rings (SSSR count). The molecule has 1 saturated heterocycles. The van der Waals surface area contributed by atoms with E-state index < -0.39 is 23.4 Å². The molecule has 0 bridgehead atoms. The summed E-state index contributed by atoms with van der Waals surface area (Å²) in [6.07, 6.45) is -0.631. The SMILES string of the molecule is O=C(C[C@@H]1C[C@H]1c1ccc(F)c(F)c1)N[C@@H]1CCN(c2cncc(C(F)(F)F)c2)C1. The van der Waals surface area contributed by atoms with Gasteiger partial charge in [0.25, 0.3) is 0 Å². The Hall–Kier alpha value is -2.71. The highest BCUT2D eigenvalue weighted by Crippen LogP contribution is 2.49. The van der Waals surface area contributed by atoms with E-state index in [0.29, 0.717) is 30.8 Å². The molecule has 1 aromatic heterocycles. The van der Waals surface area contributed by atoms with Crippen molar-refractivity contribution in [1.29, 1.82) is 0 Å². The van der Waals surface area contributed by atoms with Gasteiger partial charge in [-0.3, -0.25) is 9.78 Å². The normalized spacial score (nSPS) is 23.5. The monoisotopic (exact) mass is 425 g/mol. The van der Waals surface area contributed by atoms with Crippen molar-refractivity contribution < 1.29 is 26.7 Å². The minimum atomic E-state index is -4.45. The third-order valence-electron chi connectivity index (χ3n) is 5.71. The number of amides is 1. The number of hydrogen-bond acceptors (Lipinski definition) is 3. The smallest absolute Gasteiger partial charge is 0.368 e. The van der Waals surface area contributed by atoms with E-state index in [4.69, 9.17) is 0 Å². The molecule has 1 saturated carbocycles. The number of aromatic nitrogens is 1. The maximum absolute atomic E-state index is 13.4. The third kappa shape index (κ3) is 4.55. The number of carbonyl (C=O) groups excluding carboxylic acids is 1. The molecule has 0 unspecified atom stereocenters. The average Bonchev–Trinajstić information content (AvgIpc) is 3.29. The summed E-state index contributed by atoms with van der Waals surface area (Å²) in [5, 5.41) is 2.93. The van der Waals surface area contributed by atoms with E-state index in [0.717, 1.165) is 24.8 Å². The zero-order valence-electron chi connectivity index (χ0n) is 15.9. The highest BCUT2D eigenvalue weighted by Gasteiger charge is 2.40. The minimum absolute atomic E-state index is 0.0436. The summed E-state index contributed by atoms with van der Waals surface area (Å²) in [7, 11) is 0. The fourth-order valence-electron chi connectivity index (χ4n) is 4.02. The van der Waals surface area contributed by atoms with E-state index in [9.17, 15) is 26.7 Å². The van der Waals surface area contributed by atoms with E-state index >= 15 is 0 Å². The van der Waals surface area contributed by atoms with Crippen LogP contribution in [0.4, 0.5) is 27.6 Å². The summed E-state index contributed by atoms with van der Waals surface area (Å²) >= 11 is 0. The highest BCUT2D eigenvalue weighted by molar-refractivity contribution is 5.77. The van der Waals surface area contributed by atoms with E-state index in [1.54, 1.807) is 11.0 Å². The fraction of sp³-hybridized carbons (Fsp3) is 0.429. The Labute approximate surface area is 170 Å². The van der Waals surface area contributed by atoms with Crippen LogP contribution in [0.15, 0.2) is 36.7 Å². The molecule has 2 aliphatic rings. The van der Waals surface area contributed by atoms with Gasteiger partial charge < -0.3 is 10.2 Å². The number of carbonyl (C=O) groups is 1. The van der Waals surface area contributed by atoms with Crippen LogP contribution in [0.25, 0.3) is 0 Å². The Kier molecular flexibility index (Phi) is 5.38. The second-order valence-electron chi connectivity index (χ2n) is 7.91. The number of nitrogens with one attached hydrogen (secondary N) is 1. The Bertz CT molecular complexity index is 948. The van der Waals surface area contributed by atoms with Crippen LogP contribution in [0.2, 0.25) is 0 Å². The molecule has 2 fully saturated rings. The van der Waals surface area contributed by atoms with Crippen molar-refractivity contribution in [2.45, 2.75) is 37.4 Å². The van der Waals surface area contributed by atoms with Crippen LogP contribution in [-0.2, 0) is 11.0 Å². The van der Waals surface area contributed by atoms with Crippen molar-refractivity contribution in [3.63, 3.8) is 0 Å². The summed E-state index contributed by atoms with van der Waals surface area (Å²) < 4.78 is 65.0. The zero-order valence-corrected chi connectivity index (χ0v) is 15.9. The standard InChI is InChI=1S/C21H20F5N3O/c22-18-2-1-12(6-19(18)23)17-5-13(17)7-20(30)28-15-3-4-29(11-15)16-8-14(9-27-10-16)21(24,25)26/h1-2,6,8-10,13,15,17H,3-5,7,11H2,(H,28,30)/t13-,15+,17-/m0/s1. The van der Waals surface area contributed by atoms with Crippen LogP contribution in [0.3, 0.4) is 0 Å². The zero-order chi connectivity index (χ0) is 21.5. The van der Waals surface area contributed by atoms with Gasteiger partial charge in [-0.2, -0.15) is 13.2 Å². The first-order valence-corrected chi connectivity index (χ1v) is 9.72. The minimum Gasteiger partial charge on any atom is -0.368 e. The molecule has 1 amide bonds. The topological polar surface area (TPSA) is 45.2 Å². The van der Waals surface area contributed by atoms with Gasteiger partial charge in [0, 0.05) is 31.7 Å². The molecule has 4 nitrogen and oxygen atoms in total. The van der Waals surface area contributed by atoms with Gasteiger partial charge in [-0.05, 0) is 48.4 Å². The average molecular weight is 425 g/mol. The van der Waals surface area contributed by atoms with Crippen LogP contribution >= 0.6 is 0 Å². The quantitative estimate of drug-likeness (QED) is 0.728. The van der Waals surface area contributed by atoms with Crippen molar-refractivity contribution in [1.82, 2.24) is 10.3 Å². The lowest BCUT2D eigenvalue weighted by atomic mass is 10.1. The molecular formula is C21H20F5N3O. The van der Waals surface area contributed by atoms with Crippen LogP contribution < -0.4 is 10.2 Å². The molecule has 1 aromatic carbocycles. The Morgan fingerprint density at radius 2 is 1.97 bits per heavy atom. The molecule has 3 atom stereocenters. The second kappa shape index (κ2) is 7.85. The molecule has 9 heteroatoms. The number of hydrogen-bond donors (Lipinski definition) is 1. The van der Waals surface area contributed by atoms with Crippen LogP contribution in [-0.4, -0.2) is 30.0 Å². The molecule has 2 aromatic rings. The van der Waals surface area contributed by atoms with Gasteiger partial charge in [-0.25, -0.2) is 8.78 Å². The molecule has 0 spiro atoms. The first kappa shape index (κ1) is 20.6. The number of rotatable bonds is 5. The van der Waals surface area contributed by atoms with Crippen molar-refractivity contribution in [3.8, 4) is 0 Å². The van der Waals surface area contributed by atoms with Crippen molar-refractivity contribution >= 4 is 11.6 Å². The summed E-state index contributed by atoms with van der Waals surface area (Å²) in [5.74, 6) is -1.80. The van der Waals surface area contributed by atoms with Gasteiger partial charge in [0.05, 0.1) is 17.4 Å². The lowest BCUT2D eigenvalue weighted by molar-refractivity contribution is -0.137. The Balaban J connectivity index is 1.28. The molecule has 160 valence electrons. The fourth-order valence-corrected chi connectivity index (χ4v) is 4.02. The van der Waals surface area contributed by atoms with E-state index in [1.165, 1.54) is 12.3 Å². The van der Waals surface area contributed by atoms with Gasteiger partial charge in [0.1, 0.15) is 0 Å². The van der Waals surface area contributed by atoms with E-state index in [2.05, 4.69) is 10.3 Å². The molecule has 0 radical (unpaired) electrons. The van der Waals surface area contributed by atoms with Crippen LogP contribution in [0.5, 0.6) is 0 Å². The maximum atomic E-state index is 13.4. The van der Waals surface area contributed by atoms with Gasteiger partial charge in [-0.1, -0.05) is 6.07 Å². The first-order valence-electron chi connectivity index (χ1n) is 9.72. The van der Waals surface area contributed by atoms with Crippen molar-refractivity contribution in [2.75, 3.05) is 18.0 Å². The predicted octanol–water partition coefficient (Wildman–Crippen LogP) is 4.27. The number of pyridine rings is 1. The highest BCUT2D eigenvalue weighted by atomic mass is 19.4. The summed E-state index contributed by atoms with van der Waals surface area (Å²) in [5.41, 5.74) is 0.266. The Morgan fingerprint density at radius 3 is 2.70 bits per heavy atom. The molecular weight excluding hydrogens is 405 g/mol. The number of alkyl halides is 3. The number of nitrogens with zero attached hydrogens (tertiary/aromatic N) is 2. The van der Waals surface area contributed by atoms with Gasteiger partial charge in [-0.15, -0.1) is 0 Å². The van der Waals surface area contributed by atoms with Gasteiger partial charge in [0.2, 0.25) is 5.91 Å². The van der Waals surface area contributed by atoms with Crippen LogP contribution in [0.1, 0.15) is 36.3 Å². The summed E-state index contributed by atoms with van der Waals surface area (Å²) in [6, 6.07) is 4.71. The summed E-state index contributed by atoms with van der Waals surface area (Å²) in [4.78, 5) is 17.8. The summed E-state index contributed by atoms with van der Waals surface area (Å²) in [6.45, 7) is 0.931. The lowest BCUT2D eigenvalue weighted by Crippen LogP contribution is -2.37. The maximum Gasteiger partial charge on any atom is 0.417 e. The first-order chi connectivity index (χ1) is 14.2. The second-order valence-corrected chi connectivity index (χ2v) is 7.91. The van der Waals surface area contributed by atoms with Gasteiger partial charge >= 0.3 is 6.18 Å². The number of halogens is 5.